The van der Waals surface area contributed by atoms with E-state index in [1.165, 1.54) is 7.11 Å². The van der Waals surface area contributed by atoms with Crippen LogP contribution in [0.5, 0.6) is 0 Å². The summed E-state index contributed by atoms with van der Waals surface area (Å²) in [5.41, 5.74) is 0. The van der Waals surface area contributed by atoms with Crippen molar-refractivity contribution in [2.24, 2.45) is 5.92 Å². The molecule has 1 fully saturated rings. The minimum atomic E-state index is -0.394. The van der Waals surface area contributed by atoms with E-state index < -0.39 is 5.92 Å². The molecule has 1 saturated heterocycles. The summed E-state index contributed by atoms with van der Waals surface area (Å²) in [6, 6.07) is 1.85. The van der Waals surface area contributed by atoms with Crippen molar-refractivity contribution in [1.29, 1.82) is 0 Å². The van der Waals surface area contributed by atoms with Crippen molar-refractivity contribution in [2.45, 2.75) is 33.6 Å². The zero-order chi connectivity index (χ0) is 15.8. The molecular formula is C15H27N3O3. The van der Waals surface area contributed by atoms with E-state index in [-0.39, 0.29) is 11.9 Å². The van der Waals surface area contributed by atoms with E-state index in [2.05, 4.69) is 15.4 Å². The number of nitrogens with one attached hydrogen (secondary N) is 1. The van der Waals surface area contributed by atoms with Gasteiger partial charge in [-0.1, -0.05) is 32.9 Å². The first-order chi connectivity index (χ1) is 10.1. The number of carbonyl (C=O) groups is 1. The van der Waals surface area contributed by atoms with Gasteiger partial charge in [-0.25, -0.2) is 0 Å². The summed E-state index contributed by atoms with van der Waals surface area (Å²) >= 11 is 0. The van der Waals surface area contributed by atoms with Gasteiger partial charge < -0.3 is 19.5 Å². The highest BCUT2D eigenvalue weighted by Crippen LogP contribution is 2.28. The Morgan fingerprint density at radius 3 is 2.52 bits per heavy atom. The molecule has 0 spiro atoms. The van der Waals surface area contributed by atoms with E-state index in [4.69, 9.17) is 9.26 Å². The molecule has 0 bridgehead atoms. The van der Waals surface area contributed by atoms with Crippen molar-refractivity contribution in [3.8, 4) is 0 Å². The molecule has 2 rings (SSSR count). The zero-order valence-electron chi connectivity index (χ0n) is 13.7. The van der Waals surface area contributed by atoms with E-state index in [0.717, 1.165) is 32.0 Å². The highest BCUT2D eigenvalue weighted by molar-refractivity contribution is 5.77. The molecule has 0 saturated carbocycles. The van der Waals surface area contributed by atoms with E-state index >= 15 is 0 Å². The maximum Gasteiger partial charge on any atom is 0.316 e. The maximum atomic E-state index is 11.8. The van der Waals surface area contributed by atoms with Gasteiger partial charge in [0.05, 0.1) is 7.11 Å². The number of nitrogens with zero attached hydrogens (tertiary/aromatic N) is 2. The summed E-state index contributed by atoms with van der Waals surface area (Å²) in [4.78, 5) is 14.0. The van der Waals surface area contributed by atoms with E-state index in [1.807, 2.05) is 33.8 Å². The van der Waals surface area contributed by atoms with Gasteiger partial charge in [0.2, 0.25) is 0 Å². The molecule has 1 aromatic heterocycles. The topological polar surface area (TPSA) is 67.6 Å². The maximum absolute atomic E-state index is 11.8. The van der Waals surface area contributed by atoms with Crippen molar-refractivity contribution >= 4 is 11.8 Å². The molecule has 0 amide bonds. The first-order valence-corrected chi connectivity index (χ1v) is 7.63. The Bertz CT molecular complexity index is 426. The Morgan fingerprint density at radius 1 is 1.38 bits per heavy atom. The number of ether oxygens (including phenoxy) is 1. The SMILES string of the molecule is CC.COC(=O)C(c1cc(N2CCNCC2)no1)C(C)C. The second-order valence-corrected chi connectivity index (χ2v) is 5.07. The molecule has 0 aromatic carbocycles. The van der Waals surface area contributed by atoms with Gasteiger partial charge in [0.1, 0.15) is 5.92 Å². The second kappa shape index (κ2) is 8.67. The smallest absolute Gasteiger partial charge is 0.316 e. The predicted octanol–water partition coefficient (Wildman–Crippen LogP) is 2.02. The number of hydrogen-bond acceptors (Lipinski definition) is 6. The quantitative estimate of drug-likeness (QED) is 0.858. The van der Waals surface area contributed by atoms with Crippen molar-refractivity contribution in [3.05, 3.63) is 11.8 Å². The van der Waals surface area contributed by atoms with Gasteiger partial charge in [-0.15, -0.1) is 0 Å². The first kappa shape index (κ1) is 17.5. The molecule has 6 heteroatoms. The van der Waals surface area contributed by atoms with Crippen LogP contribution >= 0.6 is 0 Å². The van der Waals surface area contributed by atoms with E-state index in [1.54, 1.807) is 0 Å². The summed E-state index contributed by atoms with van der Waals surface area (Å²) < 4.78 is 10.2. The number of aromatic nitrogens is 1. The molecule has 0 radical (unpaired) electrons. The lowest BCUT2D eigenvalue weighted by Crippen LogP contribution is -2.43. The summed E-state index contributed by atoms with van der Waals surface area (Å²) in [5, 5.41) is 7.36. The Kier molecular flexibility index (Phi) is 7.22. The fourth-order valence-electron chi connectivity index (χ4n) is 2.31. The van der Waals surface area contributed by atoms with Gasteiger partial charge in [0, 0.05) is 32.2 Å². The Hall–Kier alpha value is -1.56. The van der Waals surface area contributed by atoms with E-state index in [9.17, 15) is 4.79 Å². The summed E-state index contributed by atoms with van der Waals surface area (Å²) in [5.74, 6) is 0.810. The molecular weight excluding hydrogens is 270 g/mol. The number of rotatable bonds is 4. The van der Waals surface area contributed by atoms with E-state index in [0.29, 0.717) is 5.76 Å². The molecule has 2 heterocycles. The van der Waals surface area contributed by atoms with Crippen LogP contribution in [0.2, 0.25) is 0 Å². The normalized spacial score (nSPS) is 16.2. The number of methoxy groups -OCH3 is 1. The van der Waals surface area contributed by atoms with Crippen LogP contribution < -0.4 is 10.2 Å². The van der Waals surface area contributed by atoms with Crippen molar-refractivity contribution in [3.63, 3.8) is 0 Å². The highest BCUT2D eigenvalue weighted by Gasteiger charge is 2.30. The molecule has 1 atom stereocenters. The Labute approximate surface area is 126 Å². The zero-order valence-corrected chi connectivity index (χ0v) is 13.7. The first-order valence-electron chi connectivity index (χ1n) is 7.63. The van der Waals surface area contributed by atoms with Gasteiger partial charge in [-0.3, -0.25) is 4.79 Å². The van der Waals surface area contributed by atoms with Crippen molar-refractivity contribution < 1.29 is 14.1 Å². The van der Waals surface area contributed by atoms with Crippen LogP contribution in [0, 0.1) is 5.92 Å². The second-order valence-electron chi connectivity index (χ2n) is 5.07. The average Bonchev–Trinajstić information content (AvgIpc) is 2.99. The highest BCUT2D eigenvalue weighted by atomic mass is 16.5. The number of anilines is 1. The molecule has 1 unspecified atom stereocenters. The average molecular weight is 297 g/mol. The molecule has 0 aliphatic carbocycles. The lowest BCUT2D eigenvalue weighted by molar-refractivity contribution is -0.144. The molecule has 1 aliphatic rings. The standard InChI is InChI=1S/C13H21N3O3.C2H6/c1-9(2)12(13(17)18-3)10-8-11(15-19-10)16-6-4-14-5-7-16;1-2/h8-9,12,14H,4-7H2,1-3H3;1-2H3. The largest absolute Gasteiger partial charge is 0.468 e. The number of carbonyl (C=O) groups excluding carboxylic acids is 1. The third kappa shape index (κ3) is 4.46. The van der Waals surface area contributed by atoms with Crippen LogP contribution in [0.1, 0.15) is 39.4 Å². The monoisotopic (exact) mass is 297 g/mol. The number of esters is 1. The summed E-state index contributed by atoms with van der Waals surface area (Å²) in [6.07, 6.45) is 0. The van der Waals surface area contributed by atoms with Crippen LogP contribution in [-0.2, 0) is 9.53 Å². The van der Waals surface area contributed by atoms with Crippen LogP contribution in [0.15, 0.2) is 10.6 Å². The number of piperazine rings is 1. The fraction of sp³-hybridized carbons (Fsp3) is 0.733. The van der Waals surface area contributed by atoms with Crippen molar-refractivity contribution in [2.75, 3.05) is 38.2 Å². The van der Waals surface area contributed by atoms with Crippen LogP contribution in [0.3, 0.4) is 0 Å². The number of hydrogen-bond donors (Lipinski definition) is 1. The molecule has 1 N–H and O–H groups in total. The van der Waals surface area contributed by atoms with Gasteiger partial charge in [-0.05, 0) is 5.92 Å². The molecule has 6 nitrogen and oxygen atoms in total. The molecule has 120 valence electrons. The van der Waals surface area contributed by atoms with Gasteiger partial charge >= 0.3 is 5.97 Å². The lowest BCUT2D eigenvalue weighted by atomic mass is 9.93. The molecule has 21 heavy (non-hydrogen) atoms. The Morgan fingerprint density at radius 2 is 2.00 bits per heavy atom. The van der Waals surface area contributed by atoms with Gasteiger partial charge in [0.25, 0.3) is 0 Å². The molecule has 1 aromatic rings. The van der Waals surface area contributed by atoms with Crippen LogP contribution in [0.25, 0.3) is 0 Å². The summed E-state index contributed by atoms with van der Waals surface area (Å²) in [6.45, 7) is 11.6. The molecule has 1 aliphatic heterocycles. The van der Waals surface area contributed by atoms with Crippen molar-refractivity contribution in [1.82, 2.24) is 10.5 Å². The fourth-order valence-corrected chi connectivity index (χ4v) is 2.31. The van der Waals surface area contributed by atoms with Gasteiger partial charge in [0.15, 0.2) is 11.6 Å². The Balaban J connectivity index is 0.00000106. The minimum absolute atomic E-state index is 0.108. The third-order valence-corrected chi connectivity index (χ3v) is 3.39. The van der Waals surface area contributed by atoms with Crippen LogP contribution in [0.4, 0.5) is 5.82 Å². The lowest BCUT2D eigenvalue weighted by Gasteiger charge is -2.26. The minimum Gasteiger partial charge on any atom is -0.468 e. The van der Waals surface area contributed by atoms with Crippen LogP contribution in [-0.4, -0.2) is 44.4 Å². The van der Waals surface area contributed by atoms with Gasteiger partial charge in [-0.2, -0.15) is 0 Å². The predicted molar refractivity (Wildman–Crippen MR) is 82.5 cm³/mol. The summed E-state index contributed by atoms with van der Waals surface area (Å²) in [7, 11) is 1.39. The third-order valence-electron chi connectivity index (χ3n) is 3.39.